The van der Waals surface area contributed by atoms with Crippen molar-refractivity contribution in [2.75, 3.05) is 13.6 Å². The fraction of sp³-hybridized carbons (Fsp3) is 0.375. The molecule has 0 saturated carbocycles. The fourth-order valence-electron chi connectivity index (χ4n) is 3.89. The van der Waals surface area contributed by atoms with Gasteiger partial charge in [0.05, 0.1) is 0 Å². The average Bonchev–Trinajstić information content (AvgIpc) is 3.09. The number of benzene rings is 2. The van der Waals surface area contributed by atoms with Crippen molar-refractivity contribution in [3.8, 4) is 0 Å². The van der Waals surface area contributed by atoms with Crippen LogP contribution in [0.3, 0.4) is 0 Å². The molecule has 2 aromatic carbocycles. The number of aromatic nitrogens is 1. The highest BCUT2D eigenvalue weighted by atomic mass is 16.1. The van der Waals surface area contributed by atoms with Gasteiger partial charge in [-0.15, -0.1) is 0 Å². The van der Waals surface area contributed by atoms with Crippen LogP contribution >= 0.6 is 0 Å². The number of Topliss-reactive ketones (excluding diaryl/α,β-unsaturated/α-hetero) is 1. The number of para-hydroxylation sites is 1. The van der Waals surface area contributed by atoms with Gasteiger partial charge in [0.2, 0.25) is 0 Å². The minimum atomic E-state index is 0.270. The average molecular weight is 363 g/mol. The van der Waals surface area contributed by atoms with E-state index in [4.69, 9.17) is 0 Å². The van der Waals surface area contributed by atoms with Crippen LogP contribution in [-0.2, 0) is 11.3 Å². The van der Waals surface area contributed by atoms with Gasteiger partial charge in [0.15, 0.2) is 0 Å². The molecule has 0 radical (unpaired) electrons. The Kier molecular flexibility index (Phi) is 6.83. The number of aromatic amines is 1. The predicted molar refractivity (Wildman–Crippen MR) is 113 cm³/mol. The molecule has 0 aliphatic heterocycles. The van der Waals surface area contributed by atoms with Crippen LogP contribution in [0.4, 0.5) is 0 Å². The Morgan fingerprint density at radius 1 is 1.04 bits per heavy atom. The second-order valence-electron chi connectivity index (χ2n) is 7.61. The molecule has 1 atom stereocenters. The zero-order valence-corrected chi connectivity index (χ0v) is 16.4. The fourth-order valence-corrected chi connectivity index (χ4v) is 3.89. The van der Waals surface area contributed by atoms with Crippen LogP contribution in [-0.4, -0.2) is 29.3 Å². The molecular weight excluding hydrogens is 332 g/mol. The highest BCUT2D eigenvalue weighted by molar-refractivity contribution is 5.85. The van der Waals surface area contributed by atoms with Crippen molar-refractivity contribution in [2.45, 2.75) is 45.1 Å². The van der Waals surface area contributed by atoms with Crippen molar-refractivity contribution in [1.82, 2.24) is 9.88 Å². The van der Waals surface area contributed by atoms with E-state index in [0.29, 0.717) is 12.3 Å². The number of hydrogen-bond acceptors (Lipinski definition) is 2. The van der Waals surface area contributed by atoms with Crippen molar-refractivity contribution in [3.63, 3.8) is 0 Å². The first kappa shape index (κ1) is 19.4. The Hall–Kier alpha value is -2.39. The molecule has 1 heterocycles. The number of nitrogens with one attached hydrogen (secondary N) is 1. The van der Waals surface area contributed by atoms with Gasteiger partial charge in [-0.2, -0.15) is 0 Å². The number of unbranched alkanes of at least 4 members (excludes halogenated alkanes) is 1. The number of H-pyrrole nitrogens is 1. The number of carbonyl (C=O) groups excluding carboxylic acids is 1. The van der Waals surface area contributed by atoms with Crippen LogP contribution in [0.2, 0.25) is 0 Å². The highest BCUT2D eigenvalue weighted by Gasteiger charge is 2.17. The van der Waals surface area contributed by atoms with E-state index >= 15 is 0 Å². The summed E-state index contributed by atoms with van der Waals surface area (Å²) in [5, 5.41) is 1.25. The van der Waals surface area contributed by atoms with Crippen LogP contribution in [0.15, 0.2) is 60.8 Å². The first-order chi connectivity index (χ1) is 13.1. The Morgan fingerprint density at radius 2 is 1.78 bits per heavy atom. The van der Waals surface area contributed by atoms with Crippen molar-refractivity contribution < 1.29 is 4.79 Å². The predicted octanol–water partition coefficient (Wildman–Crippen LogP) is 5.53. The van der Waals surface area contributed by atoms with E-state index in [1.54, 1.807) is 6.92 Å². The maximum atomic E-state index is 11.8. The molecule has 0 amide bonds. The first-order valence-corrected chi connectivity index (χ1v) is 9.91. The van der Waals surface area contributed by atoms with Crippen LogP contribution < -0.4 is 0 Å². The summed E-state index contributed by atoms with van der Waals surface area (Å²) in [5.74, 6) is 0.574. The quantitative estimate of drug-likeness (QED) is 0.481. The summed E-state index contributed by atoms with van der Waals surface area (Å²) in [6.45, 7) is 3.77. The molecule has 3 heteroatoms. The summed E-state index contributed by atoms with van der Waals surface area (Å²) in [7, 11) is 2.18. The molecule has 1 N–H and O–H groups in total. The summed E-state index contributed by atoms with van der Waals surface area (Å²) in [6.07, 6.45) is 6.07. The number of carbonyl (C=O) groups is 1. The van der Waals surface area contributed by atoms with Gasteiger partial charge in [-0.05, 0) is 56.5 Å². The van der Waals surface area contributed by atoms with E-state index in [1.807, 2.05) is 6.07 Å². The van der Waals surface area contributed by atoms with Gasteiger partial charge in [-0.1, -0.05) is 55.0 Å². The molecule has 3 rings (SSSR count). The summed E-state index contributed by atoms with van der Waals surface area (Å²) < 4.78 is 0. The molecule has 142 valence electrons. The lowest BCUT2D eigenvalue weighted by Crippen LogP contribution is -2.19. The number of ketones is 1. The van der Waals surface area contributed by atoms with Crippen LogP contribution in [0.25, 0.3) is 10.9 Å². The number of hydrogen-bond donors (Lipinski definition) is 1. The zero-order valence-electron chi connectivity index (χ0n) is 16.4. The Labute approximate surface area is 162 Å². The molecular formula is C24H30N2O. The largest absolute Gasteiger partial charge is 0.361 e. The monoisotopic (exact) mass is 362 g/mol. The molecule has 1 unspecified atom stereocenters. The summed E-state index contributed by atoms with van der Waals surface area (Å²) in [4.78, 5) is 17.5. The molecule has 27 heavy (non-hydrogen) atoms. The molecule has 3 nitrogen and oxygen atoms in total. The topological polar surface area (TPSA) is 36.1 Å². The first-order valence-electron chi connectivity index (χ1n) is 9.91. The molecule has 0 bridgehead atoms. The van der Waals surface area contributed by atoms with E-state index < -0.39 is 0 Å². The van der Waals surface area contributed by atoms with Crippen molar-refractivity contribution in [2.24, 2.45) is 0 Å². The van der Waals surface area contributed by atoms with Gasteiger partial charge < -0.3 is 14.7 Å². The SMILES string of the molecule is CC(=O)CC(CCCCN(C)Cc1ccccc1)c1c[nH]c2ccccc12. The molecule has 1 aromatic heterocycles. The van der Waals surface area contributed by atoms with E-state index in [2.05, 4.69) is 71.7 Å². The van der Waals surface area contributed by atoms with Gasteiger partial charge in [-0.3, -0.25) is 0 Å². The van der Waals surface area contributed by atoms with E-state index in [1.165, 1.54) is 16.5 Å². The Morgan fingerprint density at radius 3 is 2.56 bits per heavy atom. The minimum absolute atomic E-state index is 0.270. The van der Waals surface area contributed by atoms with Crippen LogP contribution in [0.1, 0.15) is 49.7 Å². The summed E-state index contributed by atoms with van der Waals surface area (Å²) in [6, 6.07) is 19.0. The summed E-state index contributed by atoms with van der Waals surface area (Å²) in [5.41, 5.74) is 3.80. The minimum Gasteiger partial charge on any atom is -0.361 e. The van der Waals surface area contributed by atoms with Crippen molar-refractivity contribution in [3.05, 3.63) is 71.9 Å². The zero-order chi connectivity index (χ0) is 19.1. The number of fused-ring (bicyclic) bond motifs is 1. The molecule has 0 spiro atoms. The maximum Gasteiger partial charge on any atom is 0.130 e. The van der Waals surface area contributed by atoms with Crippen molar-refractivity contribution >= 4 is 16.7 Å². The smallest absolute Gasteiger partial charge is 0.130 e. The molecule has 0 saturated heterocycles. The third-order valence-corrected chi connectivity index (χ3v) is 5.23. The third-order valence-electron chi connectivity index (χ3n) is 5.23. The lowest BCUT2D eigenvalue weighted by molar-refractivity contribution is -0.117. The standard InChI is InChI=1S/C24H30N2O/c1-19(27)16-21(23-17-25-24-14-7-6-13-22(23)24)12-8-9-15-26(2)18-20-10-4-3-5-11-20/h3-7,10-11,13-14,17,21,25H,8-9,12,15-16,18H2,1-2H3. The van der Waals surface area contributed by atoms with E-state index in [9.17, 15) is 4.79 Å². The van der Waals surface area contributed by atoms with Gasteiger partial charge in [0.25, 0.3) is 0 Å². The third kappa shape index (κ3) is 5.54. The Balaban J connectivity index is 1.54. The Bertz CT molecular complexity index is 853. The molecule has 0 aliphatic carbocycles. The van der Waals surface area contributed by atoms with Crippen LogP contribution in [0.5, 0.6) is 0 Å². The summed E-state index contributed by atoms with van der Waals surface area (Å²) >= 11 is 0. The molecule has 0 fully saturated rings. The molecule has 0 aliphatic rings. The lowest BCUT2D eigenvalue weighted by Gasteiger charge is -2.18. The second-order valence-corrected chi connectivity index (χ2v) is 7.61. The van der Waals surface area contributed by atoms with Gasteiger partial charge in [0, 0.05) is 30.1 Å². The normalized spacial score (nSPS) is 12.6. The van der Waals surface area contributed by atoms with Gasteiger partial charge >= 0.3 is 0 Å². The van der Waals surface area contributed by atoms with E-state index in [0.717, 1.165) is 37.9 Å². The number of rotatable bonds is 10. The van der Waals surface area contributed by atoms with E-state index in [-0.39, 0.29) is 5.78 Å². The maximum absolute atomic E-state index is 11.8. The lowest BCUT2D eigenvalue weighted by atomic mass is 9.89. The molecule has 3 aromatic rings. The second kappa shape index (κ2) is 9.52. The van der Waals surface area contributed by atoms with Gasteiger partial charge in [0.1, 0.15) is 5.78 Å². The van der Waals surface area contributed by atoms with Crippen molar-refractivity contribution in [1.29, 1.82) is 0 Å². The highest BCUT2D eigenvalue weighted by Crippen LogP contribution is 2.32. The van der Waals surface area contributed by atoms with Gasteiger partial charge in [-0.25, -0.2) is 0 Å². The van der Waals surface area contributed by atoms with Crippen LogP contribution in [0, 0.1) is 0 Å². The number of nitrogens with zero attached hydrogens (tertiary/aromatic N) is 1.